The van der Waals surface area contributed by atoms with E-state index in [1.165, 1.54) is 0 Å². The van der Waals surface area contributed by atoms with Gasteiger partial charge in [-0.1, -0.05) is 18.1 Å². The first-order chi connectivity index (χ1) is 5.18. The van der Waals surface area contributed by atoms with E-state index in [1.54, 1.807) is 0 Å². The molecular formula is C8H10N2S. The predicted molar refractivity (Wildman–Crippen MR) is 49.9 cm³/mol. The van der Waals surface area contributed by atoms with Gasteiger partial charge in [-0.25, -0.2) is 0 Å². The van der Waals surface area contributed by atoms with Gasteiger partial charge in [0.15, 0.2) is 0 Å². The topological polar surface area (TPSA) is 24.1 Å². The van der Waals surface area contributed by atoms with E-state index in [0.29, 0.717) is 0 Å². The van der Waals surface area contributed by atoms with Crippen molar-refractivity contribution < 1.29 is 0 Å². The molecule has 0 amide bonds. The highest BCUT2D eigenvalue weighted by atomic mass is 32.1. The van der Waals surface area contributed by atoms with E-state index in [-0.39, 0.29) is 6.04 Å². The van der Waals surface area contributed by atoms with Gasteiger partial charge in [0.2, 0.25) is 0 Å². The maximum atomic E-state index is 5.01. The highest BCUT2D eigenvalue weighted by Gasteiger charge is 2.00. The van der Waals surface area contributed by atoms with Gasteiger partial charge in [-0.05, 0) is 19.9 Å². The Balaban J connectivity index is 2.76. The molecule has 11 heavy (non-hydrogen) atoms. The summed E-state index contributed by atoms with van der Waals surface area (Å²) in [6.07, 6.45) is 1.86. The van der Waals surface area contributed by atoms with Crippen LogP contribution in [0.1, 0.15) is 13.8 Å². The molecule has 1 aliphatic heterocycles. The van der Waals surface area contributed by atoms with Crippen molar-refractivity contribution in [1.82, 2.24) is 10.6 Å². The number of nitrogens with one attached hydrogen (secondary N) is 2. The Morgan fingerprint density at radius 1 is 1.64 bits per heavy atom. The van der Waals surface area contributed by atoms with E-state index >= 15 is 0 Å². The minimum absolute atomic E-state index is 0.124. The van der Waals surface area contributed by atoms with E-state index < -0.39 is 0 Å². The van der Waals surface area contributed by atoms with Crippen LogP contribution in [0.5, 0.6) is 0 Å². The lowest BCUT2D eigenvalue weighted by molar-refractivity contribution is 0.835. The molecule has 2 N–H and O–H groups in total. The Labute approximate surface area is 72.1 Å². The quantitative estimate of drug-likeness (QED) is 0.410. The average molecular weight is 166 g/mol. The zero-order chi connectivity index (χ0) is 8.27. The zero-order valence-corrected chi connectivity index (χ0v) is 7.38. The van der Waals surface area contributed by atoms with Gasteiger partial charge in [0, 0.05) is 11.7 Å². The van der Waals surface area contributed by atoms with Crippen LogP contribution >= 0.6 is 12.2 Å². The molecular weight excluding hydrogens is 156 g/mol. The third-order valence-corrected chi connectivity index (χ3v) is 1.49. The lowest BCUT2D eigenvalue weighted by Crippen LogP contribution is -2.30. The lowest BCUT2D eigenvalue weighted by Gasteiger charge is -2.10. The molecule has 0 bridgehead atoms. The van der Waals surface area contributed by atoms with E-state index in [0.717, 1.165) is 10.7 Å². The van der Waals surface area contributed by atoms with Crippen LogP contribution in [0.3, 0.4) is 0 Å². The standard InChI is InChI=1S/C8H10N2S/c1-6-3-4-9-7(2)5-8(11)10-6/h5-6,9H,1-2H3,(H,10,11)/b7-5-. The molecule has 1 atom stereocenters. The second-order valence-electron chi connectivity index (χ2n) is 2.45. The molecule has 0 fully saturated rings. The maximum Gasteiger partial charge on any atom is 0.101 e. The summed E-state index contributed by atoms with van der Waals surface area (Å²) >= 11 is 5.01. The van der Waals surface area contributed by atoms with Crippen LogP contribution in [-0.4, -0.2) is 11.0 Å². The molecule has 0 aromatic rings. The van der Waals surface area contributed by atoms with E-state index in [1.807, 2.05) is 19.9 Å². The summed E-state index contributed by atoms with van der Waals surface area (Å²) in [6.45, 7) is 3.90. The summed E-state index contributed by atoms with van der Waals surface area (Å²) in [5, 5.41) is 5.97. The molecule has 1 aliphatic rings. The summed E-state index contributed by atoms with van der Waals surface area (Å²) in [7, 11) is 0. The predicted octanol–water partition coefficient (Wildman–Crippen LogP) is 0.760. The third kappa shape index (κ3) is 2.60. The summed E-state index contributed by atoms with van der Waals surface area (Å²) in [5.74, 6) is 2.94. The molecule has 0 spiro atoms. The second-order valence-corrected chi connectivity index (χ2v) is 2.89. The molecule has 0 saturated heterocycles. The number of rotatable bonds is 0. The fourth-order valence-corrected chi connectivity index (χ4v) is 1.12. The van der Waals surface area contributed by atoms with Gasteiger partial charge in [-0.2, -0.15) is 0 Å². The Bertz CT molecular complexity index is 257. The van der Waals surface area contributed by atoms with Gasteiger partial charge in [0.05, 0.1) is 6.04 Å². The van der Waals surface area contributed by atoms with Gasteiger partial charge in [0.25, 0.3) is 0 Å². The zero-order valence-electron chi connectivity index (χ0n) is 6.56. The molecule has 1 rings (SSSR count). The molecule has 1 heterocycles. The van der Waals surface area contributed by atoms with Gasteiger partial charge in [0.1, 0.15) is 4.99 Å². The van der Waals surface area contributed by atoms with Crippen LogP contribution in [0.2, 0.25) is 0 Å². The van der Waals surface area contributed by atoms with Crippen LogP contribution in [0, 0.1) is 12.0 Å². The Morgan fingerprint density at radius 2 is 2.36 bits per heavy atom. The molecule has 2 nitrogen and oxygen atoms in total. The fraction of sp³-hybridized carbons (Fsp3) is 0.375. The summed E-state index contributed by atoms with van der Waals surface area (Å²) in [6, 6.07) is 2.94. The van der Waals surface area contributed by atoms with Crippen LogP contribution in [0.25, 0.3) is 0 Å². The molecule has 0 aliphatic carbocycles. The van der Waals surface area contributed by atoms with Crippen molar-refractivity contribution in [3.8, 4) is 12.0 Å². The number of allylic oxidation sites excluding steroid dienone is 1. The smallest absolute Gasteiger partial charge is 0.101 e. The fourth-order valence-electron chi connectivity index (χ4n) is 0.767. The van der Waals surface area contributed by atoms with Crippen LogP contribution in [-0.2, 0) is 0 Å². The summed E-state index contributed by atoms with van der Waals surface area (Å²) < 4.78 is 0. The normalized spacial score (nSPS) is 27.6. The highest BCUT2D eigenvalue weighted by Crippen LogP contribution is 1.91. The minimum Gasteiger partial charge on any atom is -0.363 e. The number of hydrogen-bond acceptors (Lipinski definition) is 2. The van der Waals surface area contributed by atoms with Crippen molar-refractivity contribution >= 4 is 17.2 Å². The SMILES string of the molecule is C/C1=C/C(=S)NC(C)C#CN1. The Morgan fingerprint density at radius 3 is 3.09 bits per heavy atom. The first kappa shape index (κ1) is 8.09. The van der Waals surface area contributed by atoms with Crippen molar-refractivity contribution in [1.29, 1.82) is 0 Å². The van der Waals surface area contributed by atoms with Crippen LogP contribution in [0.4, 0.5) is 0 Å². The Hall–Kier alpha value is -1.01. The van der Waals surface area contributed by atoms with Gasteiger partial charge in [-0.3, -0.25) is 0 Å². The largest absolute Gasteiger partial charge is 0.363 e. The monoisotopic (exact) mass is 166 g/mol. The minimum atomic E-state index is 0.124. The highest BCUT2D eigenvalue weighted by molar-refractivity contribution is 7.80. The van der Waals surface area contributed by atoms with Crippen LogP contribution < -0.4 is 10.6 Å². The molecule has 0 saturated carbocycles. The Kier molecular flexibility index (Phi) is 2.50. The van der Waals surface area contributed by atoms with Gasteiger partial charge >= 0.3 is 0 Å². The maximum absolute atomic E-state index is 5.01. The molecule has 0 radical (unpaired) electrons. The average Bonchev–Trinajstić information content (AvgIpc) is 1.83. The molecule has 0 aromatic heterocycles. The first-order valence-corrected chi connectivity index (χ1v) is 3.84. The van der Waals surface area contributed by atoms with E-state index in [4.69, 9.17) is 12.2 Å². The van der Waals surface area contributed by atoms with Crippen molar-refractivity contribution in [3.63, 3.8) is 0 Å². The molecule has 58 valence electrons. The lowest BCUT2D eigenvalue weighted by atomic mass is 10.3. The summed E-state index contributed by atoms with van der Waals surface area (Å²) in [5.41, 5.74) is 0.974. The van der Waals surface area contributed by atoms with Gasteiger partial charge < -0.3 is 10.6 Å². The van der Waals surface area contributed by atoms with E-state index in [9.17, 15) is 0 Å². The van der Waals surface area contributed by atoms with Crippen molar-refractivity contribution in [2.45, 2.75) is 19.9 Å². The van der Waals surface area contributed by atoms with Crippen molar-refractivity contribution in [3.05, 3.63) is 11.8 Å². The molecule has 3 heteroatoms. The van der Waals surface area contributed by atoms with E-state index in [2.05, 4.69) is 22.6 Å². The second kappa shape index (κ2) is 3.40. The third-order valence-electron chi connectivity index (χ3n) is 1.25. The van der Waals surface area contributed by atoms with Crippen molar-refractivity contribution in [2.75, 3.05) is 0 Å². The first-order valence-electron chi connectivity index (χ1n) is 3.44. The number of hydrogen-bond donors (Lipinski definition) is 2. The van der Waals surface area contributed by atoms with Crippen molar-refractivity contribution in [2.24, 2.45) is 0 Å². The number of thiocarbonyl (C=S) groups is 1. The molecule has 0 aromatic carbocycles. The molecule has 1 unspecified atom stereocenters. The van der Waals surface area contributed by atoms with Crippen LogP contribution in [0.15, 0.2) is 11.8 Å². The summed E-state index contributed by atoms with van der Waals surface area (Å²) in [4.78, 5) is 0.733. The van der Waals surface area contributed by atoms with Gasteiger partial charge in [-0.15, -0.1) is 0 Å².